The molecule has 1 aliphatic heterocycles. The highest BCUT2D eigenvalue weighted by Crippen LogP contribution is 2.33. The molecule has 36 heavy (non-hydrogen) atoms. The summed E-state index contributed by atoms with van der Waals surface area (Å²) in [6.07, 6.45) is 0.898. The molecule has 0 saturated carbocycles. The van der Waals surface area contributed by atoms with Crippen LogP contribution in [-0.4, -0.2) is 33.3 Å². The third-order valence-corrected chi connectivity index (χ3v) is 7.78. The summed E-state index contributed by atoms with van der Waals surface area (Å²) in [7, 11) is 0. The molecule has 0 unspecified atom stereocenters. The van der Waals surface area contributed by atoms with Gasteiger partial charge >= 0.3 is 11.8 Å². The molecule has 0 radical (unpaired) electrons. The SMILES string of the molecule is CCOC(=O)N1CCc2c(sc3c2c(=O)n(-c2ccc(CC)cc2)c(=O)n3Cc2ccccc2F)C1. The molecule has 1 aliphatic rings. The highest BCUT2D eigenvalue weighted by Gasteiger charge is 2.29. The lowest BCUT2D eigenvalue weighted by Crippen LogP contribution is -2.39. The number of halogens is 1. The molecule has 5 rings (SSSR count). The van der Waals surface area contributed by atoms with Crippen LogP contribution in [0.4, 0.5) is 9.18 Å². The number of carbonyl (C=O) groups excluding carboxylic acids is 1. The topological polar surface area (TPSA) is 73.5 Å². The van der Waals surface area contributed by atoms with Crippen LogP contribution in [0.5, 0.6) is 0 Å². The summed E-state index contributed by atoms with van der Waals surface area (Å²) in [5, 5.41) is 0.453. The number of nitrogens with zero attached hydrogens (tertiary/aromatic N) is 3. The maximum atomic E-state index is 14.6. The molecule has 1 amide bonds. The van der Waals surface area contributed by atoms with Gasteiger partial charge in [0.1, 0.15) is 10.6 Å². The van der Waals surface area contributed by atoms with E-state index in [1.165, 1.54) is 26.5 Å². The molecule has 0 aliphatic carbocycles. The average molecular weight is 508 g/mol. The molecule has 0 N–H and O–H groups in total. The molecule has 0 saturated heterocycles. The number of ether oxygens (including phenoxy) is 1. The number of benzene rings is 2. The summed E-state index contributed by atoms with van der Waals surface area (Å²) in [4.78, 5) is 42.8. The zero-order valence-corrected chi connectivity index (χ0v) is 20.9. The first-order valence-corrected chi connectivity index (χ1v) is 12.8. The van der Waals surface area contributed by atoms with Crippen LogP contribution in [0.25, 0.3) is 15.9 Å². The Morgan fingerprint density at radius 1 is 1.08 bits per heavy atom. The van der Waals surface area contributed by atoms with Gasteiger partial charge in [-0.3, -0.25) is 9.36 Å². The molecule has 2 aromatic heterocycles. The second-order valence-corrected chi connectivity index (χ2v) is 9.76. The number of hydrogen-bond donors (Lipinski definition) is 0. The van der Waals surface area contributed by atoms with E-state index in [1.54, 1.807) is 42.2 Å². The quantitative estimate of drug-likeness (QED) is 0.399. The number of amides is 1. The minimum atomic E-state index is -0.527. The van der Waals surface area contributed by atoms with Crippen LogP contribution in [0.15, 0.2) is 58.1 Å². The van der Waals surface area contributed by atoms with Crippen molar-refractivity contribution in [3.8, 4) is 5.69 Å². The van der Waals surface area contributed by atoms with Crippen LogP contribution in [0, 0.1) is 5.82 Å². The van der Waals surface area contributed by atoms with Gasteiger partial charge in [-0.15, -0.1) is 11.3 Å². The van der Waals surface area contributed by atoms with Crippen molar-refractivity contribution < 1.29 is 13.9 Å². The van der Waals surface area contributed by atoms with E-state index in [0.29, 0.717) is 41.0 Å². The maximum absolute atomic E-state index is 14.6. The van der Waals surface area contributed by atoms with Gasteiger partial charge in [0.25, 0.3) is 5.56 Å². The monoisotopic (exact) mass is 507 g/mol. The second kappa shape index (κ2) is 9.73. The zero-order valence-electron chi connectivity index (χ0n) is 20.1. The third-order valence-electron chi connectivity index (χ3n) is 6.54. The van der Waals surface area contributed by atoms with Crippen LogP contribution < -0.4 is 11.2 Å². The Balaban J connectivity index is 1.73. The van der Waals surface area contributed by atoms with E-state index in [-0.39, 0.29) is 13.2 Å². The predicted octanol–water partition coefficient (Wildman–Crippen LogP) is 4.48. The first-order chi connectivity index (χ1) is 17.4. The molecule has 0 bridgehead atoms. The number of thiophene rings is 1. The van der Waals surface area contributed by atoms with Gasteiger partial charge in [0.15, 0.2) is 0 Å². The number of aromatic nitrogens is 2. The van der Waals surface area contributed by atoms with Crippen LogP contribution in [0.3, 0.4) is 0 Å². The van der Waals surface area contributed by atoms with Crippen molar-refractivity contribution in [2.45, 2.75) is 39.8 Å². The van der Waals surface area contributed by atoms with Crippen molar-refractivity contribution >= 4 is 27.6 Å². The van der Waals surface area contributed by atoms with Crippen molar-refractivity contribution in [3.05, 3.63) is 96.8 Å². The summed E-state index contributed by atoms with van der Waals surface area (Å²) in [6.45, 7) is 4.75. The zero-order chi connectivity index (χ0) is 25.4. The predicted molar refractivity (Wildman–Crippen MR) is 138 cm³/mol. The van der Waals surface area contributed by atoms with Gasteiger partial charge in [-0.2, -0.15) is 0 Å². The molecule has 4 aromatic rings. The van der Waals surface area contributed by atoms with Crippen LogP contribution >= 0.6 is 11.3 Å². The van der Waals surface area contributed by atoms with E-state index in [0.717, 1.165) is 22.4 Å². The number of carbonyl (C=O) groups is 1. The fraction of sp³-hybridized carbons (Fsp3) is 0.296. The van der Waals surface area contributed by atoms with E-state index < -0.39 is 23.2 Å². The molecule has 0 atom stereocenters. The van der Waals surface area contributed by atoms with Gasteiger partial charge in [0.05, 0.1) is 30.8 Å². The maximum Gasteiger partial charge on any atom is 0.410 e. The van der Waals surface area contributed by atoms with E-state index in [1.807, 2.05) is 19.1 Å². The highest BCUT2D eigenvalue weighted by molar-refractivity contribution is 7.18. The van der Waals surface area contributed by atoms with E-state index in [9.17, 15) is 18.8 Å². The Morgan fingerprint density at radius 2 is 1.83 bits per heavy atom. The summed E-state index contributed by atoms with van der Waals surface area (Å²) in [6, 6.07) is 13.6. The van der Waals surface area contributed by atoms with Gasteiger partial charge in [-0.1, -0.05) is 37.3 Å². The lowest BCUT2D eigenvalue weighted by molar-refractivity contribution is 0.103. The molecule has 9 heteroatoms. The summed E-state index contributed by atoms with van der Waals surface area (Å²) in [5.74, 6) is -0.419. The first-order valence-electron chi connectivity index (χ1n) is 12.0. The summed E-state index contributed by atoms with van der Waals surface area (Å²) in [5.41, 5.74) is 1.82. The number of fused-ring (bicyclic) bond motifs is 3. The Labute approximate surface area is 211 Å². The Morgan fingerprint density at radius 3 is 2.53 bits per heavy atom. The molecule has 7 nitrogen and oxygen atoms in total. The van der Waals surface area contributed by atoms with E-state index in [2.05, 4.69) is 0 Å². The largest absolute Gasteiger partial charge is 0.450 e. The smallest absolute Gasteiger partial charge is 0.410 e. The van der Waals surface area contributed by atoms with Gasteiger partial charge < -0.3 is 9.64 Å². The van der Waals surface area contributed by atoms with Gasteiger partial charge in [0.2, 0.25) is 0 Å². The second-order valence-electron chi connectivity index (χ2n) is 8.68. The lowest BCUT2D eigenvalue weighted by Gasteiger charge is -2.25. The van der Waals surface area contributed by atoms with Crippen molar-refractivity contribution in [2.75, 3.05) is 13.2 Å². The van der Waals surface area contributed by atoms with E-state index >= 15 is 0 Å². The first kappa shape index (κ1) is 24.0. The van der Waals surface area contributed by atoms with Crippen molar-refractivity contribution in [1.29, 1.82) is 0 Å². The van der Waals surface area contributed by atoms with Crippen LogP contribution in [0.1, 0.15) is 35.4 Å². The normalized spacial score (nSPS) is 13.1. The summed E-state index contributed by atoms with van der Waals surface area (Å²) < 4.78 is 22.4. The van der Waals surface area contributed by atoms with Crippen molar-refractivity contribution in [2.24, 2.45) is 0 Å². The van der Waals surface area contributed by atoms with Crippen molar-refractivity contribution in [1.82, 2.24) is 14.0 Å². The van der Waals surface area contributed by atoms with E-state index in [4.69, 9.17) is 4.74 Å². The van der Waals surface area contributed by atoms with Gasteiger partial charge in [-0.05, 0) is 49.1 Å². The average Bonchev–Trinajstić information content (AvgIpc) is 3.27. The molecule has 0 spiro atoms. The highest BCUT2D eigenvalue weighted by atomic mass is 32.1. The Kier molecular flexibility index (Phi) is 6.49. The molecule has 2 aromatic carbocycles. The fourth-order valence-corrected chi connectivity index (χ4v) is 5.97. The molecule has 3 heterocycles. The lowest BCUT2D eigenvalue weighted by atomic mass is 10.1. The molecule has 0 fully saturated rings. The molecular weight excluding hydrogens is 481 g/mol. The van der Waals surface area contributed by atoms with Gasteiger partial charge in [-0.25, -0.2) is 18.5 Å². The van der Waals surface area contributed by atoms with Crippen LogP contribution in [0.2, 0.25) is 0 Å². The summed E-state index contributed by atoms with van der Waals surface area (Å²) >= 11 is 1.31. The third kappa shape index (κ3) is 4.13. The number of hydrogen-bond acceptors (Lipinski definition) is 5. The van der Waals surface area contributed by atoms with Gasteiger partial charge in [0, 0.05) is 17.0 Å². The van der Waals surface area contributed by atoms with Crippen molar-refractivity contribution in [3.63, 3.8) is 0 Å². The molecule has 186 valence electrons. The minimum absolute atomic E-state index is 0.0175. The standard InChI is InChI=1S/C27H26FN3O4S/c1-3-17-9-11-19(12-10-17)31-24(32)23-20-13-14-29(27(34)35-4-2)16-22(20)36-25(23)30(26(31)33)15-18-7-5-6-8-21(18)28/h5-12H,3-4,13-16H2,1-2H3. The number of rotatable bonds is 5. The Bertz CT molecular complexity index is 1570. The number of aryl methyl sites for hydroxylation is 1. The fourth-order valence-electron chi connectivity index (χ4n) is 4.62. The van der Waals surface area contributed by atoms with Crippen LogP contribution in [-0.2, 0) is 30.7 Å². The molecular formula is C27H26FN3O4S. The minimum Gasteiger partial charge on any atom is -0.450 e. The Hall–Kier alpha value is -3.72.